The number of rotatable bonds is 9. The Kier molecular flexibility index (Phi) is 7.74. The van der Waals surface area contributed by atoms with E-state index < -0.39 is 11.0 Å². The van der Waals surface area contributed by atoms with Gasteiger partial charge in [-0.25, -0.2) is 4.68 Å². The van der Waals surface area contributed by atoms with Crippen LogP contribution < -0.4 is 10.5 Å². The molecule has 0 radical (unpaired) electrons. The molecule has 1 atom stereocenters. The number of benzene rings is 3. The number of aromatic nitrogens is 5. The highest BCUT2D eigenvalue weighted by Gasteiger charge is 2.33. The summed E-state index contributed by atoms with van der Waals surface area (Å²) in [4.78, 5) is 31.9. The van der Waals surface area contributed by atoms with Crippen LogP contribution in [0.3, 0.4) is 0 Å². The van der Waals surface area contributed by atoms with E-state index in [1.807, 2.05) is 41.1 Å². The van der Waals surface area contributed by atoms with Crippen LogP contribution in [-0.2, 0) is 19.4 Å². The molecule has 6 rings (SSSR count). The lowest BCUT2D eigenvalue weighted by Crippen LogP contribution is -2.49. The van der Waals surface area contributed by atoms with Gasteiger partial charge in [0.05, 0.1) is 4.92 Å². The monoisotopic (exact) mass is 564 g/mol. The van der Waals surface area contributed by atoms with E-state index in [0.29, 0.717) is 44.1 Å². The first-order valence-electron chi connectivity index (χ1n) is 14.2. The lowest BCUT2D eigenvalue weighted by Gasteiger charge is -2.39. The quantitative estimate of drug-likeness (QED) is 0.209. The zero-order valence-corrected chi connectivity index (χ0v) is 23.4. The van der Waals surface area contributed by atoms with E-state index in [0.717, 1.165) is 29.4 Å². The number of H-pyrrole nitrogens is 1. The summed E-state index contributed by atoms with van der Waals surface area (Å²) < 4.78 is 1.81. The summed E-state index contributed by atoms with van der Waals surface area (Å²) >= 11 is 0. The van der Waals surface area contributed by atoms with Gasteiger partial charge in [-0.15, -0.1) is 5.10 Å². The van der Waals surface area contributed by atoms with E-state index >= 15 is 0 Å². The molecule has 5 aromatic rings. The number of piperazine rings is 1. The van der Waals surface area contributed by atoms with Crippen LogP contribution in [0.1, 0.15) is 35.5 Å². The molecule has 1 aliphatic heterocycles. The number of nitrogens with zero attached hydrogens (tertiary/aromatic N) is 7. The average Bonchev–Trinajstić information content (AvgIpc) is 3.49. The lowest BCUT2D eigenvalue weighted by molar-refractivity contribution is -0.384. The molecule has 42 heavy (non-hydrogen) atoms. The molecular weight excluding hydrogens is 532 g/mol. The van der Waals surface area contributed by atoms with Crippen LogP contribution in [0.4, 0.5) is 11.4 Å². The lowest BCUT2D eigenvalue weighted by atomic mass is 10.0. The van der Waals surface area contributed by atoms with Crippen molar-refractivity contribution in [1.82, 2.24) is 30.1 Å². The first kappa shape index (κ1) is 27.3. The topological polar surface area (TPSA) is 126 Å². The van der Waals surface area contributed by atoms with Crippen molar-refractivity contribution in [3.63, 3.8) is 0 Å². The van der Waals surface area contributed by atoms with Crippen LogP contribution >= 0.6 is 0 Å². The molecule has 11 nitrogen and oxygen atoms in total. The molecule has 11 heteroatoms. The van der Waals surface area contributed by atoms with Crippen molar-refractivity contribution in [3.8, 4) is 0 Å². The fraction of sp³-hybridized carbons (Fsp3) is 0.290. The Morgan fingerprint density at radius 3 is 2.43 bits per heavy atom. The van der Waals surface area contributed by atoms with Crippen LogP contribution in [0.5, 0.6) is 0 Å². The number of nitrogens with one attached hydrogen (secondary N) is 1. The largest absolute Gasteiger partial charge is 0.369 e. The molecule has 0 spiro atoms. The Balaban J connectivity index is 1.33. The maximum absolute atomic E-state index is 13.6. The molecule has 2 aromatic heterocycles. The molecule has 0 bridgehead atoms. The molecule has 1 fully saturated rings. The minimum Gasteiger partial charge on any atom is -0.369 e. The number of nitro groups is 1. The Morgan fingerprint density at radius 1 is 0.952 bits per heavy atom. The maximum atomic E-state index is 13.6. The molecule has 1 N–H and O–H groups in total. The number of hydrogen-bond acceptors (Lipinski definition) is 8. The molecular formula is C31H32N8O3. The number of anilines is 1. The van der Waals surface area contributed by atoms with E-state index in [9.17, 15) is 14.9 Å². The Morgan fingerprint density at radius 2 is 1.71 bits per heavy atom. The van der Waals surface area contributed by atoms with Gasteiger partial charge >= 0.3 is 0 Å². The van der Waals surface area contributed by atoms with Crippen LogP contribution in [0.15, 0.2) is 83.7 Å². The standard InChI is InChI=1S/C31H32N8O3/c1-2-22-8-13-28-24(20-22)21-27(31(40)32-28)29(30-33-34-35-38(30)15-14-23-6-4-3-5-7-23)37-18-16-36(17-19-37)25-9-11-26(12-10-25)39(41)42/h3-13,20-21,29H,2,14-19H2,1H3,(H,32,40)/t29-/m1/s1. The Labute approximate surface area is 242 Å². The highest BCUT2D eigenvalue weighted by molar-refractivity contribution is 5.80. The zero-order chi connectivity index (χ0) is 29.1. The molecule has 3 aromatic carbocycles. The van der Waals surface area contributed by atoms with E-state index in [-0.39, 0.29) is 11.2 Å². The molecule has 214 valence electrons. The fourth-order valence-corrected chi connectivity index (χ4v) is 5.66. The number of hydrogen-bond donors (Lipinski definition) is 1. The van der Waals surface area contributed by atoms with Crippen molar-refractivity contribution in [2.75, 3.05) is 31.1 Å². The molecule has 3 heterocycles. The van der Waals surface area contributed by atoms with Gasteiger partial charge in [0.2, 0.25) is 0 Å². The first-order chi connectivity index (χ1) is 20.5. The number of tetrazole rings is 1. The van der Waals surface area contributed by atoms with Gasteiger partial charge in [-0.2, -0.15) is 0 Å². The SMILES string of the molecule is CCc1ccc2[nH]c(=O)c([C@H](c3nnnn3CCc3ccccc3)N3CCN(c4ccc([N+](=O)[O-])cc4)CC3)cc2c1. The predicted octanol–water partition coefficient (Wildman–Crippen LogP) is 4.14. The molecule has 1 aliphatic rings. The number of fused-ring (bicyclic) bond motifs is 1. The minimum absolute atomic E-state index is 0.0709. The van der Waals surface area contributed by atoms with E-state index in [4.69, 9.17) is 0 Å². The van der Waals surface area contributed by atoms with Crippen molar-refractivity contribution >= 4 is 22.3 Å². The fourth-order valence-electron chi connectivity index (χ4n) is 5.66. The Hall–Kier alpha value is -4.90. The third kappa shape index (κ3) is 5.64. The Bertz CT molecular complexity index is 1740. The van der Waals surface area contributed by atoms with Crippen LogP contribution in [0, 0.1) is 10.1 Å². The third-order valence-electron chi connectivity index (χ3n) is 8.00. The van der Waals surface area contributed by atoms with Gasteiger partial charge < -0.3 is 9.88 Å². The molecule has 0 saturated carbocycles. The van der Waals surface area contributed by atoms with Crippen molar-refractivity contribution in [2.24, 2.45) is 0 Å². The van der Waals surface area contributed by atoms with Crippen molar-refractivity contribution in [1.29, 1.82) is 0 Å². The molecule has 0 amide bonds. The second-order valence-electron chi connectivity index (χ2n) is 10.5. The summed E-state index contributed by atoms with van der Waals surface area (Å²) in [6, 6.07) is 24.5. The smallest absolute Gasteiger partial charge is 0.269 e. The first-order valence-corrected chi connectivity index (χ1v) is 14.2. The predicted molar refractivity (Wildman–Crippen MR) is 161 cm³/mol. The average molecular weight is 565 g/mol. The van der Waals surface area contributed by atoms with Crippen molar-refractivity contribution < 1.29 is 4.92 Å². The van der Waals surface area contributed by atoms with Crippen molar-refractivity contribution in [2.45, 2.75) is 32.4 Å². The number of non-ortho nitro benzene ring substituents is 1. The molecule has 1 saturated heterocycles. The number of aryl methyl sites for hydroxylation is 3. The van der Waals surface area contributed by atoms with Gasteiger partial charge in [-0.3, -0.25) is 19.8 Å². The zero-order valence-electron chi connectivity index (χ0n) is 23.4. The highest BCUT2D eigenvalue weighted by atomic mass is 16.6. The third-order valence-corrected chi connectivity index (χ3v) is 8.00. The molecule has 0 aliphatic carbocycles. The maximum Gasteiger partial charge on any atom is 0.269 e. The van der Waals surface area contributed by atoms with Gasteiger partial charge in [-0.1, -0.05) is 43.3 Å². The summed E-state index contributed by atoms with van der Waals surface area (Å²) in [6.45, 7) is 5.37. The van der Waals surface area contributed by atoms with E-state index in [1.54, 1.807) is 12.1 Å². The number of pyridine rings is 1. The van der Waals surface area contributed by atoms with Crippen LogP contribution in [0.2, 0.25) is 0 Å². The number of nitro benzene ring substituents is 1. The minimum atomic E-state index is -0.451. The second kappa shape index (κ2) is 11.9. The van der Waals surface area contributed by atoms with Gasteiger partial charge in [0, 0.05) is 61.6 Å². The van der Waals surface area contributed by atoms with Crippen LogP contribution in [0.25, 0.3) is 10.9 Å². The van der Waals surface area contributed by atoms with Gasteiger partial charge in [0.1, 0.15) is 6.04 Å². The van der Waals surface area contributed by atoms with Crippen molar-refractivity contribution in [3.05, 3.63) is 122 Å². The summed E-state index contributed by atoms with van der Waals surface area (Å²) in [6.07, 6.45) is 1.66. The second-order valence-corrected chi connectivity index (χ2v) is 10.5. The van der Waals surface area contributed by atoms with Gasteiger partial charge in [0.25, 0.3) is 11.2 Å². The summed E-state index contributed by atoms with van der Waals surface area (Å²) in [5.74, 6) is 0.631. The molecule has 0 unspecified atom stereocenters. The normalized spacial score (nSPS) is 14.7. The summed E-state index contributed by atoms with van der Waals surface area (Å²) in [5, 5.41) is 24.9. The highest BCUT2D eigenvalue weighted by Crippen LogP contribution is 2.30. The van der Waals surface area contributed by atoms with Gasteiger partial charge in [-0.05, 0) is 70.1 Å². The summed E-state index contributed by atoms with van der Waals surface area (Å²) in [7, 11) is 0. The van der Waals surface area contributed by atoms with Crippen LogP contribution in [-0.4, -0.2) is 61.2 Å². The van der Waals surface area contributed by atoms with E-state index in [2.05, 4.69) is 55.4 Å². The number of aromatic amines is 1. The van der Waals surface area contributed by atoms with Gasteiger partial charge in [0.15, 0.2) is 5.82 Å². The summed E-state index contributed by atoms with van der Waals surface area (Å²) in [5.41, 5.74) is 4.62. The van der Waals surface area contributed by atoms with E-state index in [1.165, 1.54) is 23.3 Å².